The number of rotatable bonds is 3. The van der Waals surface area contributed by atoms with Crippen LogP contribution in [-0.4, -0.2) is 19.7 Å². The molecule has 0 aliphatic heterocycles. The average molecular weight is 219 g/mol. The Kier molecular flexibility index (Phi) is 2.80. The van der Waals surface area contributed by atoms with Gasteiger partial charge < -0.3 is 9.79 Å². The van der Waals surface area contributed by atoms with Crippen LogP contribution in [-0.2, 0) is 4.57 Å². The largest absolute Gasteiger partial charge is 0.428 e. The predicted octanol–water partition coefficient (Wildman–Crippen LogP) is 0.494. The fourth-order valence-corrected chi connectivity index (χ4v) is 1.22. The van der Waals surface area contributed by atoms with Crippen molar-refractivity contribution < 1.29 is 19.3 Å². The van der Waals surface area contributed by atoms with Gasteiger partial charge in [0, 0.05) is 12.3 Å². The zero-order valence-corrected chi connectivity index (χ0v) is 7.59. The number of nitrogens with one attached hydrogen (secondary N) is 1. The van der Waals surface area contributed by atoms with Crippen LogP contribution in [0.25, 0.3) is 0 Å². The maximum Gasteiger partial charge on any atom is 0.428 e. The normalized spacial score (nSPS) is 11.0. The minimum absolute atomic E-state index is 0.453. The zero-order valence-electron chi connectivity index (χ0n) is 6.69. The molecule has 0 aliphatic rings. The van der Waals surface area contributed by atoms with Gasteiger partial charge in [-0.15, -0.1) is 0 Å². The fraction of sp³-hybridized carbons (Fsp3) is 0. The van der Waals surface area contributed by atoms with Crippen molar-refractivity contribution >= 4 is 19.3 Å². The van der Waals surface area contributed by atoms with Crippen molar-refractivity contribution in [3.8, 4) is 0 Å². The smallest absolute Gasteiger partial charge is 0.308 e. The molecule has 8 nitrogen and oxygen atoms in total. The number of hydrogen-bond donors (Lipinski definition) is 3. The molecule has 0 bridgehead atoms. The molecule has 0 atom stereocenters. The van der Waals surface area contributed by atoms with Gasteiger partial charge in [0.1, 0.15) is 0 Å². The molecule has 0 fully saturated rings. The number of pyridine rings is 1. The van der Waals surface area contributed by atoms with Crippen LogP contribution < -0.4 is 5.09 Å². The number of hydrogen-bond acceptors (Lipinski definition) is 4. The second kappa shape index (κ2) is 3.70. The summed E-state index contributed by atoms with van der Waals surface area (Å²) in [7, 11) is -4.57. The van der Waals surface area contributed by atoms with Gasteiger partial charge in [0.15, 0.2) is 0 Å². The van der Waals surface area contributed by atoms with E-state index in [9.17, 15) is 14.7 Å². The quantitative estimate of drug-likeness (QED) is 0.383. The predicted molar refractivity (Wildman–Crippen MR) is 46.6 cm³/mol. The van der Waals surface area contributed by atoms with Crippen molar-refractivity contribution in [2.45, 2.75) is 0 Å². The van der Waals surface area contributed by atoms with Gasteiger partial charge in [-0.05, 0) is 6.07 Å². The highest BCUT2D eigenvalue weighted by Crippen LogP contribution is 2.37. The summed E-state index contributed by atoms with van der Waals surface area (Å²) in [6.45, 7) is 0. The van der Waals surface area contributed by atoms with E-state index < -0.39 is 24.2 Å². The van der Waals surface area contributed by atoms with E-state index >= 15 is 0 Å². The van der Waals surface area contributed by atoms with Crippen LogP contribution in [0, 0.1) is 10.1 Å². The second-order valence-electron chi connectivity index (χ2n) is 2.28. The van der Waals surface area contributed by atoms with Gasteiger partial charge in [-0.3, -0.25) is 15.2 Å². The summed E-state index contributed by atoms with van der Waals surface area (Å²) in [5, 5.41) is 12.0. The highest BCUT2D eigenvalue weighted by atomic mass is 31.2. The Morgan fingerprint density at radius 2 is 2.21 bits per heavy atom. The van der Waals surface area contributed by atoms with Gasteiger partial charge in [0.2, 0.25) is 5.82 Å². The topological polar surface area (TPSA) is 126 Å². The van der Waals surface area contributed by atoms with E-state index in [2.05, 4.69) is 4.98 Å². The molecule has 14 heavy (non-hydrogen) atoms. The van der Waals surface area contributed by atoms with Crippen molar-refractivity contribution in [1.29, 1.82) is 0 Å². The molecule has 3 N–H and O–H groups in total. The Morgan fingerprint density at radius 1 is 1.57 bits per heavy atom. The molecule has 1 aromatic rings. The van der Waals surface area contributed by atoms with Gasteiger partial charge >= 0.3 is 13.4 Å². The molecule has 1 aromatic heterocycles. The maximum atomic E-state index is 10.5. The Hall–Kier alpha value is -1.50. The molecule has 1 heterocycles. The summed E-state index contributed by atoms with van der Waals surface area (Å²) in [6.07, 6.45) is 1.19. The highest BCUT2D eigenvalue weighted by Gasteiger charge is 2.21. The van der Waals surface area contributed by atoms with Crippen molar-refractivity contribution in [2.75, 3.05) is 5.09 Å². The van der Waals surface area contributed by atoms with Crippen LogP contribution in [0.3, 0.4) is 0 Å². The summed E-state index contributed by atoms with van der Waals surface area (Å²) in [4.78, 5) is 30.1. The molecular weight excluding hydrogens is 213 g/mol. The summed E-state index contributed by atoms with van der Waals surface area (Å²) in [5.74, 6) is -0.453. The van der Waals surface area contributed by atoms with Gasteiger partial charge in [0.05, 0.1) is 4.92 Å². The minimum atomic E-state index is -4.57. The molecule has 0 saturated heterocycles. The van der Waals surface area contributed by atoms with Crippen LogP contribution in [0.1, 0.15) is 0 Å². The van der Waals surface area contributed by atoms with E-state index in [0.717, 1.165) is 6.07 Å². The molecule has 0 aromatic carbocycles. The van der Waals surface area contributed by atoms with E-state index in [1.807, 2.05) is 0 Å². The van der Waals surface area contributed by atoms with Crippen LogP contribution >= 0.6 is 7.75 Å². The summed E-state index contributed by atoms with van der Waals surface area (Å²) >= 11 is 0. The Labute approximate surface area is 78.0 Å². The molecule has 0 spiro atoms. The van der Waals surface area contributed by atoms with Crippen LogP contribution in [0.4, 0.5) is 11.5 Å². The van der Waals surface area contributed by atoms with Crippen molar-refractivity contribution in [3.63, 3.8) is 0 Å². The molecular formula is C5H6N3O5P. The SMILES string of the molecule is O=[N+]([O-])c1cccnc1NP(=O)(O)O. The van der Waals surface area contributed by atoms with E-state index in [0.29, 0.717) is 0 Å². The molecule has 0 unspecified atom stereocenters. The Bertz CT molecular complexity index is 402. The molecule has 76 valence electrons. The lowest BCUT2D eigenvalue weighted by molar-refractivity contribution is -0.384. The molecule has 0 radical (unpaired) electrons. The summed E-state index contributed by atoms with van der Waals surface area (Å²) in [6, 6.07) is 2.38. The first kappa shape index (κ1) is 10.6. The first-order valence-corrected chi connectivity index (χ1v) is 4.94. The number of aromatic nitrogens is 1. The van der Waals surface area contributed by atoms with Crippen molar-refractivity contribution in [1.82, 2.24) is 4.98 Å². The first-order chi connectivity index (χ1) is 6.40. The summed E-state index contributed by atoms with van der Waals surface area (Å²) < 4.78 is 10.5. The average Bonchev–Trinajstić information content (AvgIpc) is 2.01. The van der Waals surface area contributed by atoms with Gasteiger partial charge in [0.25, 0.3) is 0 Å². The number of nitrogens with zero attached hydrogens (tertiary/aromatic N) is 2. The molecule has 0 saturated carbocycles. The lowest BCUT2D eigenvalue weighted by atomic mass is 10.4. The summed E-state index contributed by atoms with van der Waals surface area (Å²) in [5.41, 5.74) is -0.490. The third-order valence-electron chi connectivity index (χ3n) is 1.23. The van der Waals surface area contributed by atoms with Gasteiger partial charge in [-0.25, -0.2) is 9.55 Å². The molecule has 0 amide bonds. The number of nitro groups is 1. The lowest BCUT2D eigenvalue weighted by Crippen LogP contribution is -2.01. The fourth-order valence-electron chi connectivity index (χ4n) is 0.768. The standard InChI is InChI=1S/C5H6N3O5P/c9-8(10)4-2-1-3-6-5(4)7-14(11,12)13/h1-3H,(H3,6,7,11,12,13). The van der Waals surface area contributed by atoms with Gasteiger partial charge in [-0.1, -0.05) is 0 Å². The van der Waals surface area contributed by atoms with Crippen molar-refractivity contribution in [2.24, 2.45) is 0 Å². The third-order valence-corrected chi connectivity index (χ3v) is 1.74. The molecule has 9 heteroatoms. The van der Waals surface area contributed by atoms with Gasteiger partial charge in [-0.2, -0.15) is 0 Å². The van der Waals surface area contributed by atoms with E-state index in [-0.39, 0.29) is 0 Å². The molecule has 0 aliphatic carbocycles. The van der Waals surface area contributed by atoms with Crippen LogP contribution in [0.2, 0.25) is 0 Å². The second-order valence-corrected chi connectivity index (χ2v) is 3.60. The Morgan fingerprint density at radius 3 is 2.71 bits per heavy atom. The lowest BCUT2D eigenvalue weighted by Gasteiger charge is -2.05. The van der Waals surface area contributed by atoms with E-state index in [1.54, 1.807) is 5.09 Å². The molecule has 1 rings (SSSR count). The van der Waals surface area contributed by atoms with Crippen LogP contribution in [0.15, 0.2) is 18.3 Å². The minimum Gasteiger partial charge on any atom is -0.308 e. The zero-order chi connectivity index (χ0) is 10.8. The number of anilines is 1. The van der Waals surface area contributed by atoms with E-state index in [4.69, 9.17) is 9.79 Å². The Balaban J connectivity index is 3.08. The third kappa shape index (κ3) is 2.77. The maximum absolute atomic E-state index is 10.5. The van der Waals surface area contributed by atoms with E-state index in [1.165, 1.54) is 12.3 Å². The highest BCUT2D eigenvalue weighted by molar-refractivity contribution is 7.53. The monoisotopic (exact) mass is 219 g/mol. The van der Waals surface area contributed by atoms with Crippen LogP contribution in [0.5, 0.6) is 0 Å². The first-order valence-electron chi connectivity index (χ1n) is 3.33. The van der Waals surface area contributed by atoms with Crippen molar-refractivity contribution in [3.05, 3.63) is 28.4 Å².